The zero-order valence-electron chi connectivity index (χ0n) is 14.4. The van der Waals surface area contributed by atoms with Crippen LogP contribution in [0.1, 0.15) is 37.9 Å². The lowest BCUT2D eigenvalue weighted by Crippen LogP contribution is -2.13. The van der Waals surface area contributed by atoms with Gasteiger partial charge in [0.1, 0.15) is 11.9 Å². The summed E-state index contributed by atoms with van der Waals surface area (Å²) in [4.78, 5) is 15.9. The quantitative estimate of drug-likeness (QED) is 0.609. The van der Waals surface area contributed by atoms with Crippen LogP contribution in [0.3, 0.4) is 0 Å². The summed E-state index contributed by atoms with van der Waals surface area (Å²) in [6, 6.07) is 2.02. The number of aromatic nitrogens is 7. The molecule has 0 bridgehead atoms. The number of H-pyrrole nitrogens is 1. The van der Waals surface area contributed by atoms with Crippen molar-refractivity contribution in [1.82, 2.24) is 34.5 Å². The first-order valence-corrected chi connectivity index (χ1v) is 8.93. The van der Waals surface area contributed by atoms with E-state index in [1.165, 1.54) is 0 Å². The van der Waals surface area contributed by atoms with Crippen LogP contribution in [0, 0.1) is 5.92 Å². The number of rotatable bonds is 4. The van der Waals surface area contributed by atoms with Gasteiger partial charge in [-0.3, -0.25) is 9.38 Å². The van der Waals surface area contributed by atoms with Gasteiger partial charge >= 0.3 is 0 Å². The molecule has 0 aromatic carbocycles. The van der Waals surface area contributed by atoms with E-state index in [4.69, 9.17) is 4.74 Å². The van der Waals surface area contributed by atoms with E-state index in [0.717, 1.165) is 41.9 Å². The van der Waals surface area contributed by atoms with Crippen LogP contribution >= 0.6 is 0 Å². The number of hydrogen-bond donors (Lipinski definition) is 1. The lowest BCUT2D eigenvalue weighted by atomic mass is 9.93. The molecule has 3 atom stereocenters. The Bertz CT molecular complexity index is 1040. The lowest BCUT2D eigenvalue weighted by Gasteiger charge is -2.15. The van der Waals surface area contributed by atoms with Gasteiger partial charge in [-0.05, 0) is 24.8 Å². The first-order valence-electron chi connectivity index (χ1n) is 8.93. The minimum absolute atomic E-state index is 0.109. The highest BCUT2D eigenvalue weighted by molar-refractivity contribution is 5.74. The molecule has 0 saturated heterocycles. The summed E-state index contributed by atoms with van der Waals surface area (Å²) >= 11 is 0. The number of nitrogens with zero attached hydrogens (tertiary/aromatic N) is 6. The second-order valence-corrected chi connectivity index (χ2v) is 6.75. The van der Waals surface area contributed by atoms with Crippen LogP contribution in [-0.2, 0) is 0 Å². The third kappa shape index (κ3) is 2.40. The Morgan fingerprint density at radius 2 is 2.15 bits per heavy atom. The van der Waals surface area contributed by atoms with Gasteiger partial charge < -0.3 is 9.72 Å². The van der Waals surface area contributed by atoms with Crippen molar-refractivity contribution in [3.8, 4) is 5.88 Å². The van der Waals surface area contributed by atoms with Gasteiger partial charge in [-0.1, -0.05) is 13.3 Å². The van der Waals surface area contributed by atoms with E-state index in [0.29, 0.717) is 11.8 Å². The van der Waals surface area contributed by atoms with Gasteiger partial charge in [0.25, 0.3) is 0 Å². The standard InChI is InChI=1S/C18H19N7O/c1-2-11-7-12(26-16-10-19-5-6-20-16)8-13(11)18-24-23-15-9-22-17-14(25(15)18)3-4-21-17/h3-6,9-13,21H,2,7-8H2,1H3/t11-,12+,13+/m1/s1. The summed E-state index contributed by atoms with van der Waals surface area (Å²) in [6.45, 7) is 2.22. The molecule has 26 heavy (non-hydrogen) atoms. The molecule has 4 aromatic rings. The van der Waals surface area contributed by atoms with Crippen molar-refractivity contribution in [2.75, 3.05) is 0 Å². The largest absolute Gasteiger partial charge is 0.473 e. The molecule has 0 aliphatic heterocycles. The second-order valence-electron chi connectivity index (χ2n) is 6.75. The van der Waals surface area contributed by atoms with Gasteiger partial charge in [0.15, 0.2) is 11.3 Å². The highest BCUT2D eigenvalue weighted by atomic mass is 16.5. The number of fused-ring (bicyclic) bond motifs is 3. The van der Waals surface area contributed by atoms with E-state index in [-0.39, 0.29) is 12.0 Å². The maximum atomic E-state index is 6.07. The molecular formula is C18H19N7O. The zero-order valence-corrected chi connectivity index (χ0v) is 14.4. The first-order chi connectivity index (χ1) is 12.8. The van der Waals surface area contributed by atoms with Crippen molar-refractivity contribution in [2.45, 2.75) is 38.2 Å². The van der Waals surface area contributed by atoms with E-state index < -0.39 is 0 Å². The Kier molecular flexibility index (Phi) is 3.55. The van der Waals surface area contributed by atoms with E-state index in [9.17, 15) is 0 Å². The van der Waals surface area contributed by atoms with Crippen molar-refractivity contribution in [3.05, 3.63) is 42.9 Å². The van der Waals surface area contributed by atoms with Crippen molar-refractivity contribution in [3.63, 3.8) is 0 Å². The Balaban J connectivity index is 1.51. The van der Waals surface area contributed by atoms with Crippen LogP contribution in [-0.4, -0.2) is 40.6 Å². The summed E-state index contributed by atoms with van der Waals surface area (Å²) < 4.78 is 8.19. The summed E-state index contributed by atoms with van der Waals surface area (Å²) in [5.74, 6) is 2.35. The number of hydrogen-bond acceptors (Lipinski definition) is 6. The number of nitrogens with one attached hydrogen (secondary N) is 1. The maximum absolute atomic E-state index is 6.07. The summed E-state index contributed by atoms with van der Waals surface area (Å²) in [5.41, 5.74) is 2.63. The van der Waals surface area contributed by atoms with Crippen LogP contribution in [0.4, 0.5) is 0 Å². The van der Waals surface area contributed by atoms with Crippen LogP contribution in [0.25, 0.3) is 16.8 Å². The lowest BCUT2D eigenvalue weighted by molar-refractivity contribution is 0.194. The van der Waals surface area contributed by atoms with Gasteiger partial charge in [0.05, 0.1) is 17.9 Å². The van der Waals surface area contributed by atoms with Crippen LogP contribution in [0.2, 0.25) is 0 Å². The molecule has 1 saturated carbocycles. The highest BCUT2D eigenvalue weighted by Crippen LogP contribution is 2.42. The molecule has 1 aliphatic carbocycles. The molecule has 4 aromatic heterocycles. The zero-order chi connectivity index (χ0) is 17.5. The van der Waals surface area contributed by atoms with E-state index in [1.807, 2.05) is 12.3 Å². The molecule has 4 heterocycles. The Morgan fingerprint density at radius 1 is 1.19 bits per heavy atom. The molecule has 0 unspecified atom stereocenters. The van der Waals surface area contributed by atoms with Gasteiger partial charge in [0.2, 0.25) is 5.88 Å². The molecule has 0 spiro atoms. The maximum Gasteiger partial charge on any atom is 0.232 e. The third-order valence-corrected chi connectivity index (χ3v) is 5.30. The average molecular weight is 349 g/mol. The van der Waals surface area contributed by atoms with Crippen molar-refractivity contribution in [1.29, 1.82) is 0 Å². The molecule has 1 N–H and O–H groups in total. The van der Waals surface area contributed by atoms with Gasteiger partial charge in [0, 0.05) is 24.5 Å². The molecule has 0 amide bonds. The fourth-order valence-corrected chi connectivity index (χ4v) is 4.09. The van der Waals surface area contributed by atoms with Gasteiger partial charge in [-0.2, -0.15) is 0 Å². The van der Waals surface area contributed by atoms with E-state index >= 15 is 0 Å². The molecule has 0 radical (unpaired) electrons. The Hall–Kier alpha value is -3.03. The predicted octanol–water partition coefficient (Wildman–Crippen LogP) is 2.75. The Labute approximate surface area is 149 Å². The van der Waals surface area contributed by atoms with Gasteiger partial charge in [-0.25, -0.2) is 9.97 Å². The molecule has 132 valence electrons. The third-order valence-electron chi connectivity index (χ3n) is 5.30. The molecule has 8 nitrogen and oxygen atoms in total. The summed E-state index contributed by atoms with van der Waals surface area (Å²) in [6.07, 6.45) is 11.7. The number of aromatic amines is 1. The number of ether oxygens (including phenoxy) is 1. The van der Waals surface area contributed by atoms with Gasteiger partial charge in [-0.15, -0.1) is 10.2 Å². The molecule has 8 heteroatoms. The molecule has 5 rings (SSSR count). The van der Waals surface area contributed by atoms with Crippen molar-refractivity contribution >= 4 is 16.8 Å². The minimum atomic E-state index is 0.109. The van der Waals surface area contributed by atoms with Crippen molar-refractivity contribution < 1.29 is 4.74 Å². The molecule has 1 fully saturated rings. The smallest absolute Gasteiger partial charge is 0.232 e. The summed E-state index contributed by atoms with van der Waals surface area (Å²) in [5, 5.41) is 8.87. The highest BCUT2D eigenvalue weighted by Gasteiger charge is 2.38. The second kappa shape index (κ2) is 6.05. The predicted molar refractivity (Wildman–Crippen MR) is 94.8 cm³/mol. The SMILES string of the molecule is CC[C@@H]1C[C@H](Oc2cnccn2)C[C@@H]1c1nnc2cnc3[nH]ccc3n12. The normalized spacial score (nSPS) is 23.0. The Morgan fingerprint density at radius 3 is 3.00 bits per heavy atom. The van der Waals surface area contributed by atoms with Crippen LogP contribution in [0.15, 0.2) is 37.1 Å². The minimum Gasteiger partial charge on any atom is -0.473 e. The fourth-order valence-electron chi connectivity index (χ4n) is 4.09. The van der Waals surface area contributed by atoms with Crippen LogP contribution < -0.4 is 4.74 Å². The summed E-state index contributed by atoms with van der Waals surface area (Å²) in [7, 11) is 0. The monoisotopic (exact) mass is 349 g/mol. The topological polar surface area (TPSA) is 93.9 Å². The fraction of sp³-hybridized carbons (Fsp3) is 0.389. The molecular weight excluding hydrogens is 330 g/mol. The van der Waals surface area contributed by atoms with Crippen LogP contribution in [0.5, 0.6) is 5.88 Å². The van der Waals surface area contributed by atoms with E-state index in [1.54, 1.807) is 24.8 Å². The average Bonchev–Trinajstić information content (AvgIpc) is 3.39. The first kappa shape index (κ1) is 15.2. The van der Waals surface area contributed by atoms with Crippen molar-refractivity contribution in [2.24, 2.45) is 5.92 Å². The molecule has 1 aliphatic rings. The van der Waals surface area contributed by atoms with E-state index in [2.05, 4.69) is 41.5 Å².